The number of nitrogens with zero attached hydrogens (tertiary/aromatic N) is 2. The molecule has 38 heavy (non-hydrogen) atoms. The minimum absolute atomic E-state index is 0.263. The number of hydrogen-bond acceptors (Lipinski definition) is 5. The zero-order chi connectivity index (χ0) is 26.6. The Hall–Kier alpha value is -4.85. The summed E-state index contributed by atoms with van der Waals surface area (Å²) in [5.41, 5.74) is 4.95. The van der Waals surface area contributed by atoms with Crippen molar-refractivity contribution < 1.29 is 14.3 Å². The van der Waals surface area contributed by atoms with Crippen LogP contribution >= 0.6 is 0 Å². The van der Waals surface area contributed by atoms with Crippen LogP contribution in [0.25, 0.3) is 0 Å². The van der Waals surface area contributed by atoms with Gasteiger partial charge in [0.1, 0.15) is 23.2 Å². The molecule has 0 fully saturated rings. The summed E-state index contributed by atoms with van der Waals surface area (Å²) in [6, 6.07) is 24.0. The summed E-state index contributed by atoms with van der Waals surface area (Å²) < 4.78 is 6.93. The number of methoxy groups -OCH3 is 1. The van der Waals surface area contributed by atoms with Gasteiger partial charge in [-0.3, -0.25) is 9.59 Å². The highest BCUT2D eigenvalue weighted by molar-refractivity contribution is 6.09. The Kier molecular flexibility index (Phi) is 6.95. The topological polar surface area (TPSA) is 97.3 Å². The SMILES string of the molecule is CCc1ccc([C@H]2C(C(=O)Nc3ccc(OC)cc3)=C(C)Nc3c(C(=O)Nc4ccccc4)cnn32)cc1. The molecule has 0 radical (unpaired) electrons. The summed E-state index contributed by atoms with van der Waals surface area (Å²) in [6.45, 7) is 3.94. The van der Waals surface area contributed by atoms with Crippen molar-refractivity contribution in [3.8, 4) is 5.75 Å². The number of carbonyl (C=O) groups excluding carboxylic acids is 2. The van der Waals surface area contributed by atoms with Crippen LogP contribution in [0.5, 0.6) is 5.75 Å². The van der Waals surface area contributed by atoms with Gasteiger partial charge in [0, 0.05) is 17.1 Å². The molecule has 5 rings (SSSR count). The fourth-order valence-corrected chi connectivity index (χ4v) is 4.55. The lowest BCUT2D eigenvalue weighted by Gasteiger charge is -2.30. The van der Waals surface area contributed by atoms with Gasteiger partial charge in [0.05, 0.1) is 18.9 Å². The summed E-state index contributed by atoms with van der Waals surface area (Å²) in [5.74, 6) is 0.681. The maximum absolute atomic E-state index is 13.7. The highest BCUT2D eigenvalue weighted by Crippen LogP contribution is 2.38. The average molecular weight is 508 g/mol. The molecule has 4 aromatic rings. The first-order valence-corrected chi connectivity index (χ1v) is 12.4. The number of fused-ring (bicyclic) bond motifs is 1. The first kappa shape index (κ1) is 24.8. The van der Waals surface area contributed by atoms with E-state index in [2.05, 4.69) is 40.1 Å². The standard InChI is InChI=1S/C30H29N5O3/c1-4-20-10-12-21(13-11-20)27-26(30(37)34-23-14-16-24(38-3)17-15-23)19(2)32-28-25(18-31-35(27)28)29(36)33-22-8-6-5-7-9-22/h5-18,27,32H,4H2,1-3H3,(H,33,36)(H,34,37)/t27-/m0/s1. The van der Waals surface area contributed by atoms with Crippen molar-refractivity contribution in [1.82, 2.24) is 9.78 Å². The molecular weight excluding hydrogens is 478 g/mol. The second kappa shape index (κ2) is 10.6. The molecule has 1 atom stereocenters. The largest absolute Gasteiger partial charge is 0.497 e. The molecule has 3 aromatic carbocycles. The highest BCUT2D eigenvalue weighted by Gasteiger charge is 2.35. The summed E-state index contributed by atoms with van der Waals surface area (Å²) in [5, 5.41) is 13.8. The number of hydrogen-bond donors (Lipinski definition) is 3. The zero-order valence-corrected chi connectivity index (χ0v) is 21.5. The number of allylic oxidation sites excluding steroid dienone is 1. The van der Waals surface area contributed by atoms with Gasteiger partial charge in [-0.2, -0.15) is 5.10 Å². The van der Waals surface area contributed by atoms with Gasteiger partial charge in [0.15, 0.2) is 0 Å². The van der Waals surface area contributed by atoms with Gasteiger partial charge in [-0.05, 0) is 60.9 Å². The Morgan fingerprint density at radius 1 is 0.921 bits per heavy atom. The number of nitrogens with one attached hydrogen (secondary N) is 3. The summed E-state index contributed by atoms with van der Waals surface area (Å²) >= 11 is 0. The van der Waals surface area contributed by atoms with Gasteiger partial charge in [-0.1, -0.05) is 49.4 Å². The van der Waals surface area contributed by atoms with Crippen LogP contribution in [0.3, 0.4) is 0 Å². The van der Waals surface area contributed by atoms with E-state index in [9.17, 15) is 9.59 Å². The molecule has 8 nitrogen and oxygen atoms in total. The Morgan fingerprint density at radius 3 is 2.24 bits per heavy atom. The lowest BCUT2D eigenvalue weighted by Crippen LogP contribution is -2.32. The number of ether oxygens (including phenoxy) is 1. The van der Waals surface area contributed by atoms with Crippen LogP contribution in [0.15, 0.2) is 96.3 Å². The van der Waals surface area contributed by atoms with E-state index in [1.165, 1.54) is 11.8 Å². The zero-order valence-electron chi connectivity index (χ0n) is 21.5. The van der Waals surface area contributed by atoms with E-state index in [1.807, 2.05) is 49.4 Å². The monoisotopic (exact) mass is 507 g/mol. The molecule has 0 saturated carbocycles. The van der Waals surface area contributed by atoms with Gasteiger partial charge in [0.2, 0.25) is 0 Å². The molecule has 0 bridgehead atoms. The van der Waals surface area contributed by atoms with Gasteiger partial charge in [0.25, 0.3) is 11.8 Å². The van der Waals surface area contributed by atoms with E-state index in [0.29, 0.717) is 39.8 Å². The predicted molar refractivity (Wildman–Crippen MR) is 149 cm³/mol. The normalized spacial score (nSPS) is 14.3. The van der Waals surface area contributed by atoms with Crippen LogP contribution in [0.2, 0.25) is 0 Å². The van der Waals surface area contributed by atoms with Crippen LogP contribution in [0.1, 0.15) is 41.4 Å². The molecule has 1 aliphatic heterocycles. The minimum Gasteiger partial charge on any atom is -0.497 e. The molecule has 2 heterocycles. The molecule has 0 spiro atoms. The van der Waals surface area contributed by atoms with Gasteiger partial charge in [-0.15, -0.1) is 0 Å². The van der Waals surface area contributed by atoms with E-state index in [0.717, 1.165) is 12.0 Å². The molecule has 8 heteroatoms. The van der Waals surface area contributed by atoms with E-state index in [4.69, 9.17) is 4.74 Å². The number of aromatic nitrogens is 2. The third kappa shape index (κ3) is 4.88. The quantitative estimate of drug-likeness (QED) is 0.301. The molecule has 1 aromatic heterocycles. The maximum Gasteiger partial charge on any atom is 0.261 e. The number of carbonyl (C=O) groups is 2. The van der Waals surface area contributed by atoms with Gasteiger partial charge >= 0.3 is 0 Å². The third-order valence-corrected chi connectivity index (χ3v) is 6.60. The number of benzene rings is 3. The van der Waals surface area contributed by atoms with Crippen LogP contribution in [0, 0.1) is 0 Å². The van der Waals surface area contributed by atoms with Crippen molar-refractivity contribution in [3.63, 3.8) is 0 Å². The summed E-state index contributed by atoms with van der Waals surface area (Å²) in [7, 11) is 1.60. The van der Waals surface area contributed by atoms with Crippen LogP contribution in [0.4, 0.5) is 17.2 Å². The molecular formula is C30H29N5O3. The fraction of sp³-hybridized carbons (Fsp3) is 0.167. The number of para-hydroxylation sites is 1. The molecule has 192 valence electrons. The van der Waals surface area contributed by atoms with Crippen molar-refractivity contribution in [2.75, 3.05) is 23.1 Å². The number of rotatable bonds is 7. The second-order valence-electron chi connectivity index (χ2n) is 9.02. The Labute approximate surface area is 221 Å². The first-order valence-electron chi connectivity index (χ1n) is 12.4. The third-order valence-electron chi connectivity index (χ3n) is 6.60. The van der Waals surface area contributed by atoms with E-state index in [1.54, 1.807) is 36.1 Å². The second-order valence-corrected chi connectivity index (χ2v) is 9.02. The average Bonchev–Trinajstić information content (AvgIpc) is 3.37. The van der Waals surface area contributed by atoms with Crippen molar-refractivity contribution in [1.29, 1.82) is 0 Å². The van der Waals surface area contributed by atoms with Crippen LogP contribution in [-0.4, -0.2) is 28.7 Å². The Balaban J connectivity index is 1.52. The first-order chi connectivity index (χ1) is 18.5. The molecule has 3 N–H and O–H groups in total. The molecule has 0 saturated heterocycles. The van der Waals surface area contributed by atoms with Gasteiger partial charge in [-0.25, -0.2) is 4.68 Å². The lowest BCUT2D eigenvalue weighted by atomic mass is 9.93. The van der Waals surface area contributed by atoms with Crippen molar-refractivity contribution in [2.45, 2.75) is 26.3 Å². The lowest BCUT2D eigenvalue weighted by molar-refractivity contribution is -0.113. The Morgan fingerprint density at radius 2 is 1.58 bits per heavy atom. The van der Waals surface area contributed by atoms with E-state index < -0.39 is 6.04 Å². The van der Waals surface area contributed by atoms with Crippen molar-refractivity contribution in [2.24, 2.45) is 0 Å². The predicted octanol–water partition coefficient (Wildman–Crippen LogP) is 5.63. The fourth-order valence-electron chi connectivity index (χ4n) is 4.55. The summed E-state index contributed by atoms with van der Waals surface area (Å²) in [4.78, 5) is 26.8. The van der Waals surface area contributed by atoms with E-state index >= 15 is 0 Å². The molecule has 0 unspecified atom stereocenters. The van der Waals surface area contributed by atoms with Gasteiger partial charge < -0.3 is 20.7 Å². The maximum atomic E-state index is 13.7. The van der Waals surface area contributed by atoms with Crippen molar-refractivity contribution in [3.05, 3.63) is 113 Å². The Bertz CT molecular complexity index is 1490. The minimum atomic E-state index is -0.534. The smallest absolute Gasteiger partial charge is 0.261 e. The number of amides is 2. The van der Waals surface area contributed by atoms with E-state index in [-0.39, 0.29) is 11.8 Å². The number of aryl methyl sites for hydroxylation is 1. The highest BCUT2D eigenvalue weighted by atomic mass is 16.5. The van der Waals surface area contributed by atoms with Crippen LogP contribution < -0.4 is 20.7 Å². The molecule has 1 aliphatic rings. The summed E-state index contributed by atoms with van der Waals surface area (Å²) in [6.07, 6.45) is 2.44. The molecule has 2 amide bonds. The van der Waals surface area contributed by atoms with Crippen LogP contribution in [-0.2, 0) is 11.2 Å². The van der Waals surface area contributed by atoms with Crippen molar-refractivity contribution >= 4 is 29.0 Å². The molecule has 0 aliphatic carbocycles. The number of anilines is 3.